The average molecular weight is 308 g/mol. The van der Waals surface area contributed by atoms with Gasteiger partial charge in [-0.1, -0.05) is 36.4 Å². The molecule has 0 radical (unpaired) electrons. The summed E-state index contributed by atoms with van der Waals surface area (Å²) >= 11 is 0. The maximum Gasteiger partial charge on any atom is 0.285 e. The van der Waals surface area contributed by atoms with Crippen LogP contribution >= 0.6 is 0 Å². The number of amides is 2. The van der Waals surface area contributed by atoms with Crippen LogP contribution in [0, 0.1) is 0 Å². The number of nitrogens with zero attached hydrogens (tertiary/aromatic N) is 2. The van der Waals surface area contributed by atoms with Crippen LogP contribution < -0.4 is 9.80 Å². The molecule has 5 nitrogen and oxygen atoms in total. The van der Waals surface area contributed by atoms with Crippen LogP contribution in [0.25, 0.3) is 0 Å². The highest BCUT2D eigenvalue weighted by Crippen LogP contribution is 2.49. The van der Waals surface area contributed by atoms with Crippen molar-refractivity contribution < 1.29 is 14.3 Å². The normalized spacial score (nSPS) is 22.3. The molecule has 0 bridgehead atoms. The number of likely N-dealkylation sites (N-methyl/N-ethyl adjacent to an activating group) is 1. The van der Waals surface area contributed by atoms with Crippen molar-refractivity contribution in [1.82, 2.24) is 0 Å². The quantitative estimate of drug-likeness (QED) is 0.751. The number of hydrogen-bond acceptors (Lipinski definition) is 3. The molecule has 1 spiro atoms. The maximum absolute atomic E-state index is 13.1. The van der Waals surface area contributed by atoms with Crippen LogP contribution in [0.15, 0.2) is 48.5 Å². The number of hydrogen-bond donors (Lipinski definition) is 0. The summed E-state index contributed by atoms with van der Waals surface area (Å²) in [4.78, 5) is 28.6. The molecule has 0 saturated carbocycles. The van der Waals surface area contributed by atoms with Gasteiger partial charge in [-0.15, -0.1) is 0 Å². The Morgan fingerprint density at radius 3 is 2.48 bits per heavy atom. The highest BCUT2D eigenvalue weighted by atomic mass is 16.5. The number of ether oxygens (including phenoxy) is 1. The number of benzene rings is 2. The standard InChI is InChI=1S/C18H16N2O3/c1-12(21)20-15-9-5-3-7-13(15)11-23-18(20)14-8-4-6-10-16(14)19(2)17(18)22/h3-10H,11H2,1-2H3/t18-/m0/s1. The fourth-order valence-electron chi connectivity index (χ4n) is 3.52. The predicted octanol–water partition coefficient (Wildman–Crippen LogP) is 2.40. The Hall–Kier alpha value is -2.66. The molecule has 2 heterocycles. The summed E-state index contributed by atoms with van der Waals surface area (Å²) in [6, 6.07) is 15.0. The van der Waals surface area contributed by atoms with E-state index in [1.165, 1.54) is 11.8 Å². The summed E-state index contributed by atoms with van der Waals surface area (Å²) in [7, 11) is 1.71. The molecule has 1 atom stereocenters. The van der Waals surface area contributed by atoms with Crippen LogP contribution in [0.1, 0.15) is 18.1 Å². The zero-order valence-electron chi connectivity index (χ0n) is 12.9. The Bertz CT molecular complexity index is 833. The van der Waals surface area contributed by atoms with Crippen LogP contribution in [-0.2, 0) is 26.7 Å². The fraction of sp³-hybridized carbons (Fsp3) is 0.222. The lowest BCUT2D eigenvalue weighted by Gasteiger charge is -2.43. The largest absolute Gasteiger partial charge is 0.338 e. The lowest BCUT2D eigenvalue weighted by atomic mass is 9.97. The summed E-state index contributed by atoms with van der Waals surface area (Å²) in [5.41, 5.74) is 1.68. The van der Waals surface area contributed by atoms with Crippen LogP contribution in [0.2, 0.25) is 0 Å². The van der Waals surface area contributed by atoms with E-state index in [4.69, 9.17) is 4.74 Å². The third kappa shape index (κ3) is 1.65. The molecule has 116 valence electrons. The smallest absolute Gasteiger partial charge is 0.285 e. The van der Waals surface area contributed by atoms with Gasteiger partial charge in [0.05, 0.1) is 18.0 Å². The van der Waals surface area contributed by atoms with Gasteiger partial charge in [0.25, 0.3) is 11.6 Å². The minimum absolute atomic E-state index is 0.226. The van der Waals surface area contributed by atoms with Crippen molar-refractivity contribution in [3.63, 3.8) is 0 Å². The summed E-state index contributed by atoms with van der Waals surface area (Å²) in [6.45, 7) is 1.75. The summed E-state index contributed by atoms with van der Waals surface area (Å²) < 4.78 is 6.05. The number of carbonyl (C=O) groups excluding carboxylic acids is 2. The number of carbonyl (C=O) groups is 2. The number of rotatable bonds is 0. The highest BCUT2D eigenvalue weighted by Gasteiger charge is 2.58. The zero-order valence-corrected chi connectivity index (χ0v) is 12.9. The first kappa shape index (κ1) is 14.0. The monoisotopic (exact) mass is 308 g/mol. The lowest BCUT2D eigenvalue weighted by Crippen LogP contribution is -2.58. The first-order chi connectivity index (χ1) is 11.1. The van der Waals surface area contributed by atoms with Gasteiger partial charge in [-0.3, -0.25) is 14.5 Å². The minimum atomic E-state index is -1.41. The van der Waals surface area contributed by atoms with Crippen molar-refractivity contribution in [1.29, 1.82) is 0 Å². The molecule has 2 amide bonds. The van der Waals surface area contributed by atoms with Crippen molar-refractivity contribution in [2.75, 3.05) is 16.8 Å². The summed E-state index contributed by atoms with van der Waals surface area (Å²) in [6.07, 6.45) is 0. The van der Waals surface area contributed by atoms with E-state index in [0.717, 1.165) is 16.9 Å². The number of para-hydroxylation sites is 2. The first-order valence-electron chi connectivity index (χ1n) is 7.47. The molecule has 0 aromatic heterocycles. The van der Waals surface area contributed by atoms with Crippen molar-refractivity contribution in [2.24, 2.45) is 0 Å². The third-order valence-corrected chi connectivity index (χ3v) is 4.52. The topological polar surface area (TPSA) is 49.9 Å². The van der Waals surface area contributed by atoms with E-state index in [1.54, 1.807) is 11.9 Å². The molecule has 5 heteroatoms. The molecule has 0 aliphatic carbocycles. The molecule has 4 rings (SSSR count). The van der Waals surface area contributed by atoms with Gasteiger partial charge < -0.3 is 9.64 Å². The molecule has 2 aromatic carbocycles. The minimum Gasteiger partial charge on any atom is -0.338 e. The zero-order chi connectivity index (χ0) is 16.2. The summed E-state index contributed by atoms with van der Waals surface area (Å²) in [5, 5.41) is 0. The lowest BCUT2D eigenvalue weighted by molar-refractivity contribution is -0.152. The molecule has 0 fully saturated rings. The van der Waals surface area contributed by atoms with E-state index in [2.05, 4.69) is 0 Å². The number of anilines is 2. The van der Waals surface area contributed by atoms with Crippen molar-refractivity contribution in [3.8, 4) is 0 Å². The van der Waals surface area contributed by atoms with E-state index >= 15 is 0 Å². The molecule has 2 aromatic rings. The predicted molar refractivity (Wildman–Crippen MR) is 85.9 cm³/mol. The van der Waals surface area contributed by atoms with Crippen molar-refractivity contribution in [3.05, 3.63) is 59.7 Å². The van der Waals surface area contributed by atoms with E-state index < -0.39 is 5.72 Å². The third-order valence-electron chi connectivity index (χ3n) is 4.52. The maximum atomic E-state index is 13.1. The van der Waals surface area contributed by atoms with Gasteiger partial charge in [-0.05, 0) is 12.1 Å². The van der Waals surface area contributed by atoms with Crippen LogP contribution in [0.4, 0.5) is 11.4 Å². The van der Waals surface area contributed by atoms with Gasteiger partial charge in [-0.25, -0.2) is 0 Å². The Kier molecular flexibility index (Phi) is 2.83. The fourth-order valence-corrected chi connectivity index (χ4v) is 3.52. The molecule has 0 saturated heterocycles. The molecule has 23 heavy (non-hydrogen) atoms. The molecule has 0 unspecified atom stereocenters. The second-order valence-electron chi connectivity index (χ2n) is 5.80. The Balaban J connectivity index is 2.01. The van der Waals surface area contributed by atoms with Crippen molar-refractivity contribution >= 4 is 23.2 Å². The second-order valence-corrected chi connectivity index (χ2v) is 5.80. The Morgan fingerprint density at radius 2 is 1.74 bits per heavy atom. The SMILES string of the molecule is CC(=O)N1c2ccccc2CO[C@@]12C(=O)N(C)c1ccccc12. The van der Waals surface area contributed by atoms with E-state index in [9.17, 15) is 9.59 Å². The van der Waals surface area contributed by atoms with E-state index in [-0.39, 0.29) is 18.4 Å². The van der Waals surface area contributed by atoms with Gasteiger partial charge in [-0.2, -0.15) is 0 Å². The molecule has 2 aliphatic heterocycles. The van der Waals surface area contributed by atoms with Crippen LogP contribution in [0.3, 0.4) is 0 Å². The first-order valence-corrected chi connectivity index (χ1v) is 7.47. The number of fused-ring (bicyclic) bond motifs is 3. The highest BCUT2D eigenvalue weighted by molar-refractivity contribution is 6.13. The molecular weight excluding hydrogens is 292 g/mol. The van der Waals surface area contributed by atoms with Gasteiger partial charge in [0, 0.05) is 25.1 Å². The summed E-state index contributed by atoms with van der Waals surface area (Å²) in [5.74, 6) is -0.473. The van der Waals surface area contributed by atoms with Gasteiger partial charge in [0.2, 0.25) is 5.91 Å². The average Bonchev–Trinajstić information content (AvgIpc) is 2.78. The Morgan fingerprint density at radius 1 is 1.09 bits per heavy atom. The second kappa shape index (κ2) is 4.67. The molecule has 2 aliphatic rings. The van der Waals surface area contributed by atoms with E-state index in [0.29, 0.717) is 5.56 Å². The van der Waals surface area contributed by atoms with Gasteiger partial charge >= 0.3 is 0 Å². The van der Waals surface area contributed by atoms with Crippen molar-refractivity contribution in [2.45, 2.75) is 19.3 Å². The van der Waals surface area contributed by atoms with Crippen LogP contribution in [0.5, 0.6) is 0 Å². The van der Waals surface area contributed by atoms with E-state index in [1.807, 2.05) is 48.5 Å². The van der Waals surface area contributed by atoms with Gasteiger partial charge in [0.1, 0.15) is 0 Å². The molecule has 0 N–H and O–H groups in total. The Labute approximate surface area is 134 Å². The van der Waals surface area contributed by atoms with Gasteiger partial charge in [0.15, 0.2) is 0 Å². The van der Waals surface area contributed by atoms with Crippen LogP contribution in [-0.4, -0.2) is 18.9 Å². The molecular formula is C18H16N2O3.